The number of halogens is 1. The Labute approximate surface area is 106 Å². The standard InChI is InChI=1S/C13H15ClN2O/c14-12-5-4-10(8-15)7-13(12)16-9-11-3-1-2-6-17-11/h4-5,7,11,16H,1-3,6,9H2. The van der Waals surface area contributed by atoms with Crippen LogP contribution in [0.1, 0.15) is 24.8 Å². The van der Waals surface area contributed by atoms with Gasteiger partial charge in [-0.2, -0.15) is 5.26 Å². The van der Waals surface area contributed by atoms with Gasteiger partial charge < -0.3 is 10.1 Å². The first-order chi connectivity index (χ1) is 8.29. The molecule has 1 saturated heterocycles. The fraction of sp³-hybridized carbons (Fsp3) is 0.462. The molecule has 0 radical (unpaired) electrons. The van der Waals surface area contributed by atoms with E-state index in [2.05, 4.69) is 11.4 Å². The molecule has 17 heavy (non-hydrogen) atoms. The normalized spacial score (nSPS) is 19.6. The summed E-state index contributed by atoms with van der Waals surface area (Å²) in [6, 6.07) is 7.32. The summed E-state index contributed by atoms with van der Waals surface area (Å²) < 4.78 is 5.63. The number of nitrogens with one attached hydrogen (secondary N) is 1. The van der Waals surface area contributed by atoms with Crippen LogP contribution in [0.2, 0.25) is 5.02 Å². The Balaban J connectivity index is 1.95. The quantitative estimate of drug-likeness (QED) is 0.896. The minimum atomic E-state index is 0.255. The molecule has 90 valence electrons. The molecule has 1 aromatic rings. The van der Waals surface area contributed by atoms with E-state index in [1.54, 1.807) is 18.2 Å². The highest BCUT2D eigenvalue weighted by Gasteiger charge is 2.13. The highest BCUT2D eigenvalue weighted by atomic mass is 35.5. The van der Waals surface area contributed by atoms with Gasteiger partial charge in [-0.25, -0.2) is 0 Å². The van der Waals surface area contributed by atoms with Crippen molar-refractivity contribution < 1.29 is 4.74 Å². The van der Waals surface area contributed by atoms with Gasteiger partial charge in [-0.15, -0.1) is 0 Å². The van der Waals surface area contributed by atoms with E-state index in [9.17, 15) is 0 Å². The van der Waals surface area contributed by atoms with Gasteiger partial charge in [0.15, 0.2) is 0 Å². The minimum Gasteiger partial charge on any atom is -0.381 e. The van der Waals surface area contributed by atoms with Crippen LogP contribution < -0.4 is 5.32 Å². The van der Waals surface area contributed by atoms with E-state index in [1.165, 1.54) is 6.42 Å². The summed E-state index contributed by atoms with van der Waals surface area (Å²) in [7, 11) is 0. The van der Waals surface area contributed by atoms with Gasteiger partial charge in [-0.1, -0.05) is 11.6 Å². The van der Waals surface area contributed by atoms with E-state index in [0.29, 0.717) is 10.6 Å². The van der Waals surface area contributed by atoms with E-state index in [4.69, 9.17) is 21.6 Å². The molecule has 0 spiro atoms. The fourth-order valence-corrected chi connectivity index (χ4v) is 2.11. The number of hydrogen-bond donors (Lipinski definition) is 1. The molecule has 0 aliphatic carbocycles. The van der Waals surface area contributed by atoms with Crippen molar-refractivity contribution in [3.8, 4) is 6.07 Å². The topological polar surface area (TPSA) is 45.0 Å². The summed E-state index contributed by atoms with van der Waals surface area (Å²) >= 11 is 6.06. The van der Waals surface area contributed by atoms with Gasteiger partial charge in [0.05, 0.1) is 28.4 Å². The van der Waals surface area contributed by atoms with E-state index < -0.39 is 0 Å². The molecule has 4 heteroatoms. The molecule has 1 aromatic carbocycles. The fourth-order valence-electron chi connectivity index (χ4n) is 1.92. The first-order valence-corrected chi connectivity index (χ1v) is 6.22. The maximum Gasteiger partial charge on any atom is 0.0992 e. The number of hydrogen-bond acceptors (Lipinski definition) is 3. The summed E-state index contributed by atoms with van der Waals surface area (Å²) in [6.45, 7) is 1.59. The zero-order chi connectivity index (χ0) is 12.1. The van der Waals surface area contributed by atoms with Crippen molar-refractivity contribution in [2.24, 2.45) is 0 Å². The van der Waals surface area contributed by atoms with Crippen molar-refractivity contribution in [3.05, 3.63) is 28.8 Å². The summed E-state index contributed by atoms with van der Waals surface area (Å²) in [6.07, 6.45) is 3.72. The molecule has 2 rings (SSSR count). The van der Waals surface area contributed by atoms with Gasteiger partial charge in [0, 0.05) is 13.2 Å². The van der Waals surface area contributed by atoms with Crippen molar-refractivity contribution in [3.63, 3.8) is 0 Å². The number of ether oxygens (including phenoxy) is 1. The maximum absolute atomic E-state index is 8.82. The summed E-state index contributed by atoms with van der Waals surface area (Å²) in [5, 5.41) is 12.7. The zero-order valence-electron chi connectivity index (χ0n) is 9.58. The average Bonchev–Trinajstić information content (AvgIpc) is 2.39. The Kier molecular flexibility index (Phi) is 4.24. The molecule has 0 amide bonds. The van der Waals surface area contributed by atoms with E-state index in [-0.39, 0.29) is 6.10 Å². The van der Waals surface area contributed by atoms with Gasteiger partial charge in [-0.05, 0) is 37.5 Å². The van der Waals surface area contributed by atoms with Crippen LogP contribution in [-0.4, -0.2) is 19.3 Å². The lowest BCUT2D eigenvalue weighted by Gasteiger charge is -2.23. The molecule has 3 nitrogen and oxygen atoms in total. The lowest BCUT2D eigenvalue weighted by molar-refractivity contribution is 0.0247. The van der Waals surface area contributed by atoms with Crippen LogP contribution in [0.25, 0.3) is 0 Å². The lowest BCUT2D eigenvalue weighted by Crippen LogP contribution is -2.27. The second kappa shape index (κ2) is 5.90. The van der Waals surface area contributed by atoms with E-state index in [1.807, 2.05) is 0 Å². The van der Waals surface area contributed by atoms with Crippen molar-refractivity contribution >= 4 is 17.3 Å². The second-order valence-corrected chi connectivity index (χ2v) is 4.58. The molecule has 0 saturated carbocycles. The third-order valence-corrected chi connectivity index (χ3v) is 3.22. The smallest absolute Gasteiger partial charge is 0.0992 e. The summed E-state index contributed by atoms with van der Waals surface area (Å²) in [5.41, 5.74) is 1.42. The van der Waals surface area contributed by atoms with Gasteiger partial charge in [-0.3, -0.25) is 0 Å². The molecule has 1 aliphatic rings. The number of benzene rings is 1. The first kappa shape index (κ1) is 12.2. The van der Waals surface area contributed by atoms with Crippen LogP contribution in [0.3, 0.4) is 0 Å². The molecule has 1 atom stereocenters. The highest BCUT2D eigenvalue weighted by molar-refractivity contribution is 6.33. The van der Waals surface area contributed by atoms with Gasteiger partial charge in [0.2, 0.25) is 0 Å². The Hall–Kier alpha value is -1.24. The van der Waals surface area contributed by atoms with Gasteiger partial charge in [0.1, 0.15) is 0 Å². The van der Waals surface area contributed by atoms with Crippen LogP contribution in [0.4, 0.5) is 5.69 Å². The highest BCUT2D eigenvalue weighted by Crippen LogP contribution is 2.23. The number of rotatable bonds is 3. The molecule has 0 bridgehead atoms. The number of anilines is 1. The largest absolute Gasteiger partial charge is 0.381 e. The van der Waals surface area contributed by atoms with Crippen LogP contribution >= 0.6 is 11.6 Å². The van der Waals surface area contributed by atoms with Crippen molar-refractivity contribution in [1.82, 2.24) is 0 Å². The van der Waals surface area contributed by atoms with Gasteiger partial charge in [0.25, 0.3) is 0 Å². The van der Waals surface area contributed by atoms with Crippen LogP contribution in [-0.2, 0) is 4.74 Å². The molecule has 1 aliphatic heterocycles. The predicted molar refractivity (Wildman–Crippen MR) is 68.2 cm³/mol. The zero-order valence-corrected chi connectivity index (χ0v) is 10.3. The van der Waals surface area contributed by atoms with Crippen molar-refractivity contribution in [1.29, 1.82) is 5.26 Å². The summed E-state index contributed by atoms with van der Waals surface area (Å²) in [4.78, 5) is 0. The monoisotopic (exact) mass is 250 g/mol. The molecule has 1 unspecified atom stereocenters. The second-order valence-electron chi connectivity index (χ2n) is 4.18. The van der Waals surface area contributed by atoms with E-state index in [0.717, 1.165) is 31.7 Å². The first-order valence-electron chi connectivity index (χ1n) is 5.85. The molecule has 0 aromatic heterocycles. The molecular weight excluding hydrogens is 236 g/mol. The summed E-state index contributed by atoms with van der Waals surface area (Å²) in [5.74, 6) is 0. The van der Waals surface area contributed by atoms with E-state index >= 15 is 0 Å². The Bertz CT molecular complexity index is 422. The van der Waals surface area contributed by atoms with Crippen molar-refractivity contribution in [2.75, 3.05) is 18.5 Å². The Morgan fingerprint density at radius 1 is 1.47 bits per heavy atom. The minimum absolute atomic E-state index is 0.255. The Morgan fingerprint density at radius 2 is 2.35 bits per heavy atom. The predicted octanol–water partition coefficient (Wildman–Crippen LogP) is 3.19. The van der Waals surface area contributed by atoms with Crippen LogP contribution in [0.5, 0.6) is 0 Å². The van der Waals surface area contributed by atoms with Crippen LogP contribution in [0.15, 0.2) is 18.2 Å². The van der Waals surface area contributed by atoms with Gasteiger partial charge >= 0.3 is 0 Å². The molecule has 1 fully saturated rings. The molecule has 1 heterocycles. The lowest BCUT2D eigenvalue weighted by atomic mass is 10.1. The molecular formula is C13H15ClN2O. The number of nitriles is 1. The SMILES string of the molecule is N#Cc1ccc(Cl)c(NCC2CCCCO2)c1. The number of nitrogens with zero attached hydrogens (tertiary/aromatic N) is 1. The third-order valence-electron chi connectivity index (χ3n) is 2.89. The van der Waals surface area contributed by atoms with Crippen LogP contribution in [0, 0.1) is 11.3 Å². The Morgan fingerprint density at radius 3 is 3.06 bits per heavy atom. The third kappa shape index (κ3) is 3.36. The van der Waals surface area contributed by atoms with Crippen molar-refractivity contribution in [2.45, 2.75) is 25.4 Å². The average molecular weight is 251 g/mol. The maximum atomic E-state index is 8.82. The molecule has 1 N–H and O–H groups in total.